The fourth-order valence-electron chi connectivity index (χ4n) is 5.17. The molecule has 2 heterocycles. The topological polar surface area (TPSA) is 70.6 Å². The third-order valence-electron chi connectivity index (χ3n) is 7.31. The molecule has 7 nitrogen and oxygen atoms in total. The van der Waals surface area contributed by atoms with Crippen LogP contribution in [0.4, 0.5) is 5.82 Å². The highest BCUT2D eigenvalue weighted by atomic mass is 16.5. The normalized spacial score (nSPS) is 16.0. The standard InChI is InChI=1S/C32H43N5O2/c1-6-12-25(26-14-9-8-13-24(26)5)21-36-17-19-37(20-18-36)22-29-33-28-16-11-10-15-27(28)31(34-29)35-30(23(3)4)32(38)39-7-2/h8-16,23,30H,6-7,17-22H2,1-5H3,(H,33,34,35)/b25-12-/t30-/m0/s1. The van der Waals surface area contributed by atoms with Gasteiger partial charge in [0.1, 0.15) is 17.7 Å². The zero-order valence-corrected chi connectivity index (χ0v) is 24.1. The summed E-state index contributed by atoms with van der Waals surface area (Å²) in [7, 11) is 0. The molecule has 7 heteroatoms. The van der Waals surface area contributed by atoms with Crippen molar-refractivity contribution in [3.8, 4) is 0 Å². The molecule has 0 bridgehead atoms. The Bertz CT molecular complexity index is 1280. The lowest BCUT2D eigenvalue weighted by Crippen LogP contribution is -2.46. The van der Waals surface area contributed by atoms with Crippen molar-refractivity contribution in [3.63, 3.8) is 0 Å². The van der Waals surface area contributed by atoms with Gasteiger partial charge in [-0.25, -0.2) is 14.8 Å². The number of fused-ring (bicyclic) bond motifs is 1. The Kier molecular flexibility index (Phi) is 10.1. The monoisotopic (exact) mass is 529 g/mol. The maximum absolute atomic E-state index is 12.6. The molecule has 3 aromatic rings. The van der Waals surface area contributed by atoms with Crippen molar-refractivity contribution in [2.24, 2.45) is 5.92 Å². The van der Waals surface area contributed by atoms with Gasteiger partial charge in [-0.3, -0.25) is 9.80 Å². The van der Waals surface area contributed by atoms with Gasteiger partial charge in [0, 0.05) is 38.1 Å². The Morgan fingerprint density at radius 3 is 2.38 bits per heavy atom. The second-order valence-electron chi connectivity index (χ2n) is 10.6. The quantitative estimate of drug-likeness (QED) is 0.327. The number of benzene rings is 2. The Labute approximate surface area is 233 Å². The van der Waals surface area contributed by atoms with Crippen LogP contribution in [0.3, 0.4) is 0 Å². The van der Waals surface area contributed by atoms with Crippen molar-refractivity contribution >= 4 is 28.3 Å². The summed E-state index contributed by atoms with van der Waals surface area (Å²) in [6.07, 6.45) is 3.40. The van der Waals surface area contributed by atoms with E-state index in [1.54, 1.807) is 0 Å². The molecule has 39 heavy (non-hydrogen) atoms. The minimum absolute atomic E-state index is 0.0561. The maximum atomic E-state index is 12.6. The summed E-state index contributed by atoms with van der Waals surface area (Å²) in [4.78, 5) is 27.4. The number of piperazine rings is 1. The number of para-hydroxylation sites is 1. The molecule has 0 saturated carbocycles. The molecule has 1 aliphatic rings. The maximum Gasteiger partial charge on any atom is 0.328 e. The lowest BCUT2D eigenvalue weighted by atomic mass is 9.99. The van der Waals surface area contributed by atoms with Crippen molar-refractivity contribution in [1.82, 2.24) is 19.8 Å². The van der Waals surface area contributed by atoms with Gasteiger partial charge in [0.25, 0.3) is 0 Å². The molecule has 1 N–H and O–H groups in total. The zero-order chi connectivity index (χ0) is 27.8. The second-order valence-corrected chi connectivity index (χ2v) is 10.6. The second kappa shape index (κ2) is 13.7. The van der Waals surface area contributed by atoms with Gasteiger partial charge in [0.15, 0.2) is 0 Å². The van der Waals surface area contributed by atoms with Crippen molar-refractivity contribution < 1.29 is 9.53 Å². The Hall–Kier alpha value is -3.29. The number of anilines is 1. The highest BCUT2D eigenvalue weighted by Crippen LogP contribution is 2.24. The molecular weight excluding hydrogens is 486 g/mol. The van der Waals surface area contributed by atoms with Crippen LogP contribution in [0.2, 0.25) is 0 Å². The molecule has 0 amide bonds. The zero-order valence-electron chi connectivity index (χ0n) is 24.1. The number of carbonyl (C=O) groups is 1. The Balaban J connectivity index is 1.45. The largest absolute Gasteiger partial charge is 0.464 e. The summed E-state index contributed by atoms with van der Waals surface area (Å²) in [5.74, 6) is 1.26. The van der Waals surface area contributed by atoms with Gasteiger partial charge in [0.2, 0.25) is 0 Å². The predicted octanol–water partition coefficient (Wildman–Crippen LogP) is 5.55. The van der Waals surface area contributed by atoms with E-state index in [1.807, 2.05) is 45.0 Å². The van der Waals surface area contributed by atoms with Gasteiger partial charge in [-0.1, -0.05) is 63.2 Å². The first-order valence-electron chi connectivity index (χ1n) is 14.3. The molecule has 0 aliphatic carbocycles. The molecule has 1 fully saturated rings. The summed E-state index contributed by atoms with van der Waals surface area (Å²) < 4.78 is 5.33. The first kappa shape index (κ1) is 28.7. The first-order valence-corrected chi connectivity index (χ1v) is 14.3. The summed E-state index contributed by atoms with van der Waals surface area (Å²) in [6.45, 7) is 16.2. The fraction of sp³-hybridized carbons (Fsp3) is 0.469. The highest BCUT2D eigenvalue weighted by Gasteiger charge is 2.26. The van der Waals surface area contributed by atoms with Crippen molar-refractivity contribution in [2.75, 3.05) is 44.6 Å². The number of hydrogen-bond acceptors (Lipinski definition) is 7. The number of aromatic nitrogens is 2. The molecule has 0 radical (unpaired) electrons. The van der Waals surface area contributed by atoms with Crippen LogP contribution in [0.1, 0.15) is 51.1 Å². The van der Waals surface area contributed by atoms with E-state index >= 15 is 0 Å². The molecule has 1 atom stereocenters. The SMILES string of the molecule is CC/C=C(/CN1CCN(Cc2nc(N[C@H](C(=O)OCC)C(C)C)c3ccccc3n2)CC1)c1ccccc1C. The number of aryl methyl sites for hydroxylation is 1. The minimum Gasteiger partial charge on any atom is -0.464 e. The number of carbonyl (C=O) groups excluding carboxylic acids is 1. The molecule has 1 saturated heterocycles. The summed E-state index contributed by atoms with van der Waals surface area (Å²) >= 11 is 0. The predicted molar refractivity (Wildman–Crippen MR) is 160 cm³/mol. The fourth-order valence-corrected chi connectivity index (χ4v) is 5.17. The highest BCUT2D eigenvalue weighted by molar-refractivity contribution is 5.91. The van der Waals surface area contributed by atoms with Crippen molar-refractivity contribution in [3.05, 3.63) is 71.6 Å². The van der Waals surface area contributed by atoms with E-state index < -0.39 is 6.04 Å². The van der Waals surface area contributed by atoms with Crippen LogP contribution in [0, 0.1) is 12.8 Å². The van der Waals surface area contributed by atoms with E-state index in [-0.39, 0.29) is 11.9 Å². The summed E-state index contributed by atoms with van der Waals surface area (Å²) in [6, 6.07) is 16.2. The molecule has 1 aliphatic heterocycles. The number of esters is 1. The number of rotatable bonds is 11. The molecular formula is C32H43N5O2. The van der Waals surface area contributed by atoms with Gasteiger partial charge in [-0.05, 0) is 55.0 Å². The van der Waals surface area contributed by atoms with Crippen LogP contribution < -0.4 is 5.32 Å². The number of ether oxygens (including phenoxy) is 1. The summed E-state index contributed by atoms with van der Waals surface area (Å²) in [5.41, 5.74) is 4.98. The van der Waals surface area contributed by atoms with Crippen LogP contribution in [0.15, 0.2) is 54.6 Å². The molecule has 208 valence electrons. The molecule has 1 aromatic heterocycles. The molecule has 0 unspecified atom stereocenters. The number of hydrogen-bond donors (Lipinski definition) is 1. The van der Waals surface area contributed by atoms with E-state index in [9.17, 15) is 4.79 Å². The van der Waals surface area contributed by atoms with Gasteiger partial charge in [0.05, 0.1) is 18.7 Å². The number of nitrogens with zero attached hydrogens (tertiary/aromatic N) is 4. The van der Waals surface area contributed by atoms with Crippen LogP contribution in [0.25, 0.3) is 16.5 Å². The van der Waals surface area contributed by atoms with Gasteiger partial charge in [-0.15, -0.1) is 0 Å². The molecule has 4 rings (SSSR count). The molecule has 0 spiro atoms. The smallest absolute Gasteiger partial charge is 0.328 e. The van der Waals surface area contributed by atoms with Gasteiger partial charge >= 0.3 is 5.97 Å². The number of nitrogens with one attached hydrogen (secondary N) is 1. The van der Waals surface area contributed by atoms with Crippen LogP contribution in [0.5, 0.6) is 0 Å². The van der Waals surface area contributed by atoms with E-state index in [1.165, 1.54) is 16.7 Å². The van der Waals surface area contributed by atoms with Crippen LogP contribution in [-0.4, -0.2) is 71.1 Å². The first-order chi connectivity index (χ1) is 18.9. The third kappa shape index (κ3) is 7.43. The van der Waals surface area contributed by atoms with Crippen molar-refractivity contribution in [1.29, 1.82) is 0 Å². The lowest BCUT2D eigenvalue weighted by molar-refractivity contribution is -0.145. The van der Waals surface area contributed by atoms with E-state index in [0.29, 0.717) is 19.0 Å². The average molecular weight is 530 g/mol. The van der Waals surface area contributed by atoms with E-state index in [4.69, 9.17) is 14.7 Å². The lowest BCUT2D eigenvalue weighted by Gasteiger charge is -2.35. The number of allylic oxidation sites excluding steroid dienone is 1. The van der Waals surface area contributed by atoms with Gasteiger partial charge in [-0.2, -0.15) is 0 Å². The summed E-state index contributed by atoms with van der Waals surface area (Å²) in [5, 5.41) is 4.30. The van der Waals surface area contributed by atoms with E-state index in [2.05, 4.69) is 59.3 Å². The third-order valence-corrected chi connectivity index (χ3v) is 7.31. The van der Waals surface area contributed by atoms with Gasteiger partial charge < -0.3 is 10.1 Å². The average Bonchev–Trinajstić information content (AvgIpc) is 2.92. The van der Waals surface area contributed by atoms with Crippen LogP contribution >= 0.6 is 0 Å². The van der Waals surface area contributed by atoms with Crippen molar-refractivity contribution in [2.45, 2.75) is 53.6 Å². The van der Waals surface area contributed by atoms with Crippen LogP contribution in [-0.2, 0) is 16.1 Å². The molecule has 2 aromatic carbocycles. The Morgan fingerprint density at radius 1 is 1.00 bits per heavy atom. The minimum atomic E-state index is -0.474. The van der Waals surface area contributed by atoms with E-state index in [0.717, 1.165) is 55.9 Å². The Morgan fingerprint density at radius 2 is 1.69 bits per heavy atom.